The molecule has 1 atom stereocenters. The number of rotatable bonds is 6. The van der Waals surface area contributed by atoms with Crippen molar-refractivity contribution >= 4 is 15.9 Å². The average molecular weight is 336 g/mol. The Morgan fingerprint density at radius 3 is 2.80 bits per heavy atom. The summed E-state index contributed by atoms with van der Waals surface area (Å²) in [6, 6.07) is 10.8. The van der Waals surface area contributed by atoms with Gasteiger partial charge in [0.25, 0.3) is 0 Å². The monoisotopic (exact) mass is 335 g/mol. The van der Waals surface area contributed by atoms with Gasteiger partial charge in [0.1, 0.15) is 0 Å². The van der Waals surface area contributed by atoms with Crippen molar-refractivity contribution in [3.05, 3.63) is 51.8 Å². The van der Waals surface area contributed by atoms with Crippen LogP contribution in [0.1, 0.15) is 29.8 Å². The van der Waals surface area contributed by atoms with Crippen LogP contribution >= 0.6 is 15.9 Å². The van der Waals surface area contributed by atoms with Crippen LogP contribution in [0.25, 0.3) is 0 Å². The van der Waals surface area contributed by atoms with E-state index in [1.54, 1.807) is 0 Å². The van der Waals surface area contributed by atoms with Crippen molar-refractivity contribution in [1.82, 2.24) is 15.1 Å². The first-order valence-electron chi connectivity index (χ1n) is 7.07. The summed E-state index contributed by atoms with van der Waals surface area (Å²) in [5, 5.41) is 7.85. The zero-order valence-electron chi connectivity index (χ0n) is 12.4. The number of halogens is 1. The van der Waals surface area contributed by atoms with Crippen LogP contribution in [0.5, 0.6) is 0 Å². The van der Waals surface area contributed by atoms with E-state index in [0.29, 0.717) is 5.92 Å². The third-order valence-electron chi connectivity index (χ3n) is 3.51. The van der Waals surface area contributed by atoms with Crippen LogP contribution in [0.15, 0.2) is 34.8 Å². The Morgan fingerprint density at radius 2 is 2.15 bits per heavy atom. The fourth-order valence-electron chi connectivity index (χ4n) is 2.60. The van der Waals surface area contributed by atoms with Crippen molar-refractivity contribution in [3.63, 3.8) is 0 Å². The predicted molar refractivity (Wildman–Crippen MR) is 87.2 cm³/mol. The summed E-state index contributed by atoms with van der Waals surface area (Å²) in [7, 11) is 2.01. The molecule has 1 aromatic carbocycles. The smallest absolute Gasteiger partial charge is 0.0596 e. The number of hydrogen-bond donors (Lipinski definition) is 1. The quantitative estimate of drug-likeness (QED) is 0.875. The van der Waals surface area contributed by atoms with Gasteiger partial charge in [-0.2, -0.15) is 5.10 Å². The Labute approximate surface area is 129 Å². The highest BCUT2D eigenvalue weighted by Crippen LogP contribution is 2.23. The van der Waals surface area contributed by atoms with Crippen LogP contribution in [-0.2, 0) is 13.0 Å². The van der Waals surface area contributed by atoms with Crippen LogP contribution in [0.4, 0.5) is 0 Å². The van der Waals surface area contributed by atoms with Gasteiger partial charge in [-0.15, -0.1) is 0 Å². The number of aromatic nitrogens is 2. The van der Waals surface area contributed by atoms with Gasteiger partial charge in [-0.1, -0.05) is 28.1 Å². The molecule has 0 fully saturated rings. The van der Waals surface area contributed by atoms with Gasteiger partial charge in [0.05, 0.1) is 5.69 Å². The molecule has 0 radical (unpaired) electrons. The average Bonchev–Trinajstić information content (AvgIpc) is 2.78. The highest BCUT2D eigenvalue weighted by molar-refractivity contribution is 9.10. The zero-order valence-corrected chi connectivity index (χ0v) is 13.9. The van der Waals surface area contributed by atoms with E-state index in [0.717, 1.165) is 29.7 Å². The Balaban J connectivity index is 2.25. The molecule has 2 rings (SSSR count). The SMILES string of the molecule is CCn1nc(C)cc1CC(CNC)c1cccc(Br)c1. The second kappa shape index (κ2) is 7.04. The molecule has 108 valence electrons. The molecule has 0 aliphatic heterocycles. The standard InChI is InChI=1S/C16H22BrN3/c1-4-20-16(8-12(2)19-20)10-14(11-18-3)13-6-5-7-15(17)9-13/h5-9,14,18H,4,10-11H2,1-3H3. The van der Waals surface area contributed by atoms with Gasteiger partial charge in [-0.25, -0.2) is 0 Å². The molecule has 0 saturated heterocycles. The Bertz CT molecular complexity index is 563. The lowest BCUT2D eigenvalue weighted by Gasteiger charge is -2.18. The van der Waals surface area contributed by atoms with Crippen LogP contribution in [0.2, 0.25) is 0 Å². The molecular formula is C16H22BrN3. The summed E-state index contributed by atoms with van der Waals surface area (Å²) in [6.45, 7) is 6.09. The molecule has 0 aliphatic carbocycles. The lowest BCUT2D eigenvalue weighted by atomic mass is 9.94. The summed E-state index contributed by atoms with van der Waals surface area (Å²) >= 11 is 3.56. The molecule has 0 bridgehead atoms. The molecule has 2 aromatic rings. The van der Waals surface area contributed by atoms with E-state index < -0.39 is 0 Å². The van der Waals surface area contributed by atoms with Gasteiger partial charge < -0.3 is 5.32 Å². The van der Waals surface area contributed by atoms with E-state index >= 15 is 0 Å². The van der Waals surface area contributed by atoms with E-state index in [1.165, 1.54) is 11.3 Å². The first kappa shape index (κ1) is 15.3. The third-order valence-corrected chi connectivity index (χ3v) is 4.00. The molecule has 0 saturated carbocycles. The van der Waals surface area contributed by atoms with Crippen molar-refractivity contribution in [3.8, 4) is 0 Å². The number of nitrogens with zero attached hydrogens (tertiary/aromatic N) is 2. The minimum absolute atomic E-state index is 0.457. The molecule has 3 nitrogen and oxygen atoms in total. The van der Waals surface area contributed by atoms with E-state index in [1.807, 2.05) is 7.05 Å². The molecule has 1 heterocycles. The first-order chi connectivity index (χ1) is 9.63. The maximum Gasteiger partial charge on any atom is 0.0596 e. The molecule has 20 heavy (non-hydrogen) atoms. The highest BCUT2D eigenvalue weighted by atomic mass is 79.9. The minimum Gasteiger partial charge on any atom is -0.319 e. The molecular weight excluding hydrogens is 314 g/mol. The number of benzene rings is 1. The van der Waals surface area contributed by atoms with Gasteiger partial charge in [0, 0.05) is 29.2 Å². The van der Waals surface area contributed by atoms with Gasteiger partial charge in [-0.3, -0.25) is 4.68 Å². The number of likely N-dealkylation sites (N-methyl/N-ethyl adjacent to an activating group) is 1. The molecule has 1 N–H and O–H groups in total. The molecule has 1 unspecified atom stereocenters. The van der Waals surface area contributed by atoms with Crippen molar-refractivity contribution in [1.29, 1.82) is 0 Å². The second-order valence-corrected chi connectivity index (χ2v) is 6.02. The predicted octanol–water partition coefficient (Wildman–Crippen LogP) is 3.52. The third kappa shape index (κ3) is 3.70. The second-order valence-electron chi connectivity index (χ2n) is 5.11. The Hall–Kier alpha value is -1.13. The number of hydrogen-bond acceptors (Lipinski definition) is 2. The number of nitrogens with one attached hydrogen (secondary N) is 1. The zero-order chi connectivity index (χ0) is 14.5. The van der Waals surface area contributed by atoms with Crippen LogP contribution in [-0.4, -0.2) is 23.4 Å². The summed E-state index contributed by atoms with van der Waals surface area (Å²) in [4.78, 5) is 0. The fraction of sp³-hybridized carbons (Fsp3) is 0.438. The lowest BCUT2D eigenvalue weighted by molar-refractivity contribution is 0.563. The maximum absolute atomic E-state index is 4.54. The van der Waals surface area contributed by atoms with Crippen molar-refractivity contribution in [2.45, 2.75) is 32.7 Å². The van der Waals surface area contributed by atoms with Gasteiger partial charge in [0.15, 0.2) is 0 Å². The maximum atomic E-state index is 4.54. The van der Waals surface area contributed by atoms with E-state index in [-0.39, 0.29) is 0 Å². The van der Waals surface area contributed by atoms with Gasteiger partial charge >= 0.3 is 0 Å². The fourth-order valence-corrected chi connectivity index (χ4v) is 3.02. The van der Waals surface area contributed by atoms with E-state index in [2.05, 4.69) is 75.2 Å². The molecule has 0 spiro atoms. The van der Waals surface area contributed by atoms with Gasteiger partial charge in [0.2, 0.25) is 0 Å². The van der Waals surface area contributed by atoms with Crippen LogP contribution in [0, 0.1) is 6.92 Å². The molecule has 0 amide bonds. The molecule has 0 aliphatic rings. The number of aryl methyl sites for hydroxylation is 2. The molecule has 1 aromatic heterocycles. The van der Waals surface area contributed by atoms with Crippen molar-refractivity contribution in [2.75, 3.05) is 13.6 Å². The van der Waals surface area contributed by atoms with Crippen molar-refractivity contribution in [2.24, 2.45) is 0 Å². The lowest BCUT2D eigenvalue weighted by Crippen LogP contribution is -2.20. The largest absolute Gasteiger partial charge is 0.319 e. The van der Waals surface area contributed by atoms with E-state index in [4.69, 9.17) is 0 Å². The minimum atomic E-state index is 0.457. The van der Waals surface area contributed by atoms with Crippen LogP contribution < -0.4 is 5.32 Å². The highest BCUT2D eigenvalue weighted by Gasteiger charge is 2.15. The van der Waals surface area contributed by atoms with E-state index in [9.17, 15) is 0 Å². The summed E-state index contributed by atoms with van der Waals surface area (Å²) in [5.41, 5.74) is 3.76. The normalized spacial score (nSPS) is 12.6. The summed E-state index contributed by atoms with van der Waals surface area (Å²) < 4.78 is 3.24. The summed E-state index contributed by atoms with van der Waals surface area (Å²) in [6.07, 6.45) is 1.01. The topological polar surface area (TPSA) is 29.9 Å². The van der Waals surface area contributed by atoms with Gasteiger partial charge in [-0.05, 0) is 51.1 Å². The van der Waals surface area contributed by atoms with Crippen molar-refractivity contribution < 1.29 is 0 Å². The van der Waals surface area contributed by atoms with Crippen LogP contribution in [0.3, 0.4) is 0 Å². The Morgan fingerprint density at radius 1 is 1.35 bits per heavy atom. The first-order valence-corrected chi connectivity index (χ1v) is 7.86. The molecule has 4 heteroatoms. The summed E-state index contributed by atoms with van der Waals surface area (Å²) in [5.74, 6) is 0.457. The Kier molecular flexibility index (Phi) is 5.38.